The van der Waals surface area contributed by atoms with Crippen LogP contribution in [0.3, 0.4) is 0 Å². The molecular formula is C22H26N2O4S. The van der Waals surface area contributed by atoms with Crippen LogP contribution in [0.5, 0.6) is 11.5 Å². The van der Waals surface area contributed by atoms with Crippen LogP contribution in [0.25, 0.3) is 0 Å². The highest BCUT2D eigenvalue weighted by atomic mass is 32.2. The van der Waals surface area contributed by atoms with Crippen LogP contribution in [0.15, 0.2) is 36.4 Å². The number of rotatable bonds is 9. The summed E-state index contributed by atoms with van der Waals surface area (Å²) in [5.74, 6) is 2.90. The lowest BCUT2D eigenvalue weighted by Gasteiger charge is -2.11. The highest BCUT2D eigenvalue weighted by molar-refractivity contribution is 7.99. The first-order valence-electron chi connectivity index (χ1n) is 9.66. The van der Waals surface area contributed by atoms with Gasteiger partial charge in [0, 0.05) is 36.0 Å². The van der Waals surface area contributed by atoms with E-state index in [2.05, 4.69) is 10.6 Å². The second kappa shape index (κ2) is 10.2. The van der Waals surface area contributed by atoms with Crippen molar-refractivity contribution in [2.45, 2.75) is 33.1 Å². The second-order valence-electron chi connectivity index (χ2n) is 6.90. The number of aryl methyl sites for hydroxylation is 2. The van der Waals surface area contributed by atoms with Crippen LogP contribution >= 0.6 is 11.8 Å². The van der Waals surface area contributed by atoms with Gasteiger partial charge in [0.15, 0.2) is 11.5 Å². The van der Waals surface area contributed by atoms with Gasteiger partial charge in [-0.2, -0.15) is 11.8 Å². The Balaban J connectivity index is 1.29. The van der Waals surface area contributed by atoms with E-state index in [0.29, 0.717) is 30.0 Å². The first-order chi connectivity index (χ1) is 14.0. The van der Waals surface area contributed by atoms with E-state index >= 15 is 0 Å². The van der Waals surface area contributed by atoms with Crippen LogP contribution in [0.1, 0.15) is 30.4 Å². The lowest BCUT2D eigenvalue weighted by Crippen LogP contribution is -2.14. The van der Waals surface area contributed by atoms with Crippen molar-refractivity contribution in [3.8, 4) is 11.5 Å². The van der Waals surface area contributed by atoms with E-state index in [9.17, 15) is 9.59 Å². The number of hydrogen-bond acceptors (Lipinski definition) is 5. The molecule has 1 aliphatic rings. The minimum absolute atomic E-state index is 0.0311. The van der Waals surface area contributed by atoms with Crippen molar-refractivity contribution in [1.82, 2.24) is 0 Å². The molecule has 3 rings (SSSR count). The molecule has 0 radical (unpaired) electrons. The van der Waals surface area contributed by atoms with Crippen molar-refractivity contribution < 1.29 is 19.1 Å². The number of fused-ring (bicyclic) bond motifs is 1. The number of amides is 2. The van der Waals surface area contributed by atoms with E-state index in [1.54, 1.807) is 30.0 Å². The molecule has 0 unspecified atom stereocenters. The number of hydrogen-bond donors (Lipinski definition) is 2. The van der Waals surface area contributed by atoms with Crippen LogP contribution in [0.2, 0.25) is 0 Å². The molecule has 0 saturated carbocycles. The van der Waals surface area contributed by atoms with Gasteiger partial charge in [-0.05, 0) is 49.3 Å². The van der Waals surface area contributed by atoms with Crippen molar-refractivity contribution in [2.24, 2.45) is 0 Å². The summed E-state index contributed by atoms with van der Waals surface area (Å²) < 4.78 is 10.6. The molecule has 0 fully saturated rings. The third-order valence-corrected chi connectivity index (χ3v) is 5.64. The van der Waals surface area contributed by atoms with Crippen molar-refractivity contribution >= 4 is 35.0 Å². The monoisotopic (exact) mass is 414 g/mol. The van der Waals surface area contributed by atoms with Crippen molar-refractivity contribution in [3.05, 3.63) is 47.5 Å². The fourth-order valence-electron chi connectivity index (χ4n) is 3.01. The Morgan fingerprint density at radius 3 is 2.45 bits per heavy atom. The van der Waals surface area contributed by atoms with Crippen molar-refractivity contribution in [1.29, 1.82) is 0 Å². The molecule has 0 atom stereocenters. The molecular weight excluding hydrogens is 388 g/mol. The lowest BCUT2D eigenvalue weighted by molar-refractivity contribution is -0.116. The quantitative estimate of drug-likeness (QED) is 0.590. The van der Waals surface area contributed by atoms with Gasteiger partial charge in [0.2, 0.25) is 18.6 Å². The van der Waals surface area contributed by atoms with E-state index in [1.807, 2.05) is 32.0 Å². The van der Waals surface area contributed by atoms with Crippen LogP contribution in [0, 0.1) is 13.8 Å². The summed E-state index contributed by atoms with van der Waals surface area (Å²) in [6.07, 6.45) is 1.68. The fraction of sp³-hybridized carbons (Fsp3) is 0.364. The summed E-state index contributed by atoms with van der Waals surface area (Å²) in [6.45, 7) is 4.20. The third-order valence-electron chi connectivity index (χ3n) is 4.57. The van der Waals surface area contributed by atoms with Gasteiger partial charge in [-0.25, -0.2) is 0 Å². The number of carbonyl (C=O) groups excluding carboxylic acids is 2. The van der Waals surface area contributed by atoms with Gasteiger partial charge >= 0.3 is 0 Å². The summed E-state index contributed by atoms with van der Waals surface area (Å²) in [5, 5.41) is 5.87. The van der Waals surface area contributed by atoms with Gasteiger partial charge in [-0.3, -0.25) is 9.59 Å². The molecule has 1 aliphatic heterocycles. The molecule has 0 aromatic heterocycles. The molecule has 2 aromatic carbocycles. The summed E-state index contributed by atoms with van der Waals surface area (Å²) in [7, 11) is 0. The number of benzene rings is 2. The zero-order valence-electron chi connectivity index (χ0n) is 16.7. The molecule has 2 N–H and O–H groups in total. The zero-order chi connectivity index (χ0) is 20.6. The average molecular weight is 415 g/mol. The topological polar surface area (TPSA) is 76.7 Å². The van der Waals surface area contributed by atoms with Crippen molar-refractivity contribution in [2.75, 3.05) is 28.9 Å². The zero-order valence-corrected chi connectivity index (χ0v) is 17.6. The molecule has 1 heterocycles. The van der Waals surface area contributed by atoms with Gasteiger partial charge in [-0.15, -0.1) is 0 Å². The van der Waals surface area contributed by atoms with Gasteiger partial charge < -0.3 is 20.1 Å². The Bertz CT molecular complexity index is 865. The summed E-state index contributed by atoms with van der Waals surface area (Å²) in [6, 6.07) is 11.3. The van der Waals surface area contributed by atoms with E-state index < -0.39 is 0 Å². The highest BCUT2D eigenvalue weighted by Gasteiger charge is 2.14. The predicted octanol–water partition coefficient (Wildman–Crippen LogP) is 4.51. The average Bonchev–Trinajstić information content (AvgIpc) is 3.15. The molecule has 0 spiro atoms. The summed E-state index contributed by atoms with van der Waals surface area (Å²) in [5.41, 5.74) is 3.75. The Morgan fingerprint density at radius 1 is 0.931 bits per heavy atom. The second-order valence-corrected chi connectivity index (χ2v) is 8.12. The maximum Gasteiger partial charge on any atom is 0.231 e. The van der Waals surface area contributed by atoms with Crippen molar-refractivity contribution in [3.63, 3.8) is 0 Å². The van der Waals surface area contributed by atoms with Gasteiger partial charge in [-0.1, -0.05) is 18.2 Å². The van der Waals surface area contributed by atoms with Crippen LogP contribution < -0.4 is 20.1 Å². The molecule has 0 bridgehead atoms. The summed E-state index contributed by atoms with van der Waals surface area (Å²) in [4.78, 5) is 24.2. The van der Waals surface area contributed by atoms with Crippen LogP contribution in [0.4, 0.5) is 11.4 Å². The van der Waals surface area contributed by atoms with E-state index in [0.717, 1.165) is 34.7 Å². The lowest BCUT2D eigenvalue weighted by atomic mass is 10.1. The number of carbonyl (C=O) groups is 2. The maximum atomic E-state index is 12.1. The first kappa shape index (κ1) is 21.0. The highest BCUT2D eigenvalue weighted by Crippen LogP contribution is 2.34. The van der Waals surface area contributed by atoms with E-state index in [1.165, 1.54) is 0 Å². The molecule has 2 aromatic rings. The molecule has 154 valence electrons. The molecule has 0 saturated heterocycles. The number of thioether (sulfide) groups is 1. The maximum absolute atomic E-state index is 12.1. The fourth-order valence-corrected chi connectivity index (χ4v) is 3.90. The smallest absolute Gasteiger partial charge is 0.231 e. The number of nitrogens with one attached hydrogen (secondary N) is 2. The van der Waals surface area contributed by atoms with Gasteiger partial charge in [0.1, 0.15) is 0 Å². The molecule has 29 heavy (non-hydrogen) atoms. The van der Waals surface area contributed by atoms with Gasteiger partial charge in [0.25, 0.3) is 0 Å². The molecule has 7 heteroatoms. The molecule has 6 nitrogen and oxygen atoms in total. The summed E-state index contributed by atoms with van der Waals surface area (Å²) >= 11 is 1.68. The Labute approximate surface area is 175 Å². The standard InChI is InChI=1S/C22H26N2O4S/c1-15-5-3-6-16(2)22(15)24-20(25)7-4-11-29-12-10-21(26)23-17-8-9-18-19(13-17)28-14-27-18/h3,5-6,8-9,13H,4,7,10-12,14H2,1-2H3,(H,23,26)(H,24,25). The molecule has 0 aliphatic carbocycles. The number of ether oxygens (including phenoxy) is 2. The molecule has 2 amide bonds. The minimum Gasteiger partial charge on any atom is -0.454 e. The van der Waals surface area contributed by atoms with Crippen LogP contribution in [-0.2, 0) is 9.59 Å². The normalized spacial score (nSPS) is 11.9. The predicted molar refractivity (Wildman–Crippen MR) is 117 cm³/mol. The third kappa shape index (κ3) is 6.15. The Morgan fingerprint density at radius 2 is 1.66 bits per heavy atom. The van der Waals surface area contributed by atoms with Crippen LogP contribution in [-0.4, -0.2) is 30.1 Å². The van der Waals surface area contributed by atoms with Gasteiger partial charge in [0.05, 0.1) is 0 Å². The number of para-hydroxylation sites is 1. The minimum atomic E-state index is -0.0378. The largest absolute Gasteiger partial charge is 0.454 e. The first-order valence-corrected chi connectivity index (χ1v) is 10.8. The Hall–Kier alpha value is -2.67. The number of anilines is 2. The van der Waals surface area contributed by atoms with E-state index in [-0.39, 0.29) is 18.6 Å². The van der Waals surface area contributed by atoms with E-state index in [4.69, 9.17) is 9.47 Å². The Kier molecular flexibility index (Phi) is 7.41. The SMILES string of the molecule is Cc1cccc(C)c1NC(=O)CCCSCCC(=O)Nc1ccc2c(c1)OCO2.